The quantitative estimate of drug-likeness (QED) is 0.786. The first-order chi connectivity index (χ1) is 8.21. The second kappa shape index (κ2) is 4.53. The largest absolute Gasteiger partial charge is 0.497 e. The molecule has 1 heterocycles. The SMILES string of the molecule is COc1cc(N)cc(Cn2cnc(C#N)n2)c1. The summed E-state index contributed by atoms with van der Waals surface area (Å²) in [5.74, 6) is 0.849. The number of methoxy groups -OCH3 is 1. The lowest BCUT2D eigenvalue weighted by molar-refractivity contribution is 0.414. The van der Waals surface area contributed by atoms with E-state index in [0.29, 0.717) is 18.0 Å². The number of nitrogens with two attached hydrogens (primary N) is 1. The molecule has 0 aliphatic carbocycles. The van der Waals surface area contributed by atoms with Gasteiger partial charge in [-0.1, -0.05) is 0 Å². The Morgan fingerprint density at radius 2 is 2.29 bits per heavy atom. The summed E-state index contributed by atoms with van der Waals surface area (Å²) in [6.45, 7) is 0.496. The molecule has 2 N–H and O–H groups in total. The molecule has 2 rings (SSSR count). The zero-order chi connectivity index (χ0) is 12.3. The predicted molar refractivity (Wildman–Crippen MR) is 61.2 cm³/mol. The number of nitriles is 1. The molecule has 1 aromatic heterocycles. The number of hydrogen-bond donors (Lipinski definition) is 1. The van der Waals surface area contributed by atoms with E-state index in [-0.39, 0.29) is 5.82 Å². The highest BCUT2D eigenvalue weighted by molar-refractivity contribution is 5.47. The summed E-state index contributed by atoms with van der Waals surface area (Å²) in [7, 11) is 1.59. The Kier molecular flexibility index (Phi) is 2.92. The maximum atomic E-state index is 8.61. The Morgan fingerprint density at radius 3 is 2.94 bits per heavy atom. The van der Waals surface area contributed by atoms with Gasteiger partial charge in [-0.2, -0.15) is 5.26 Å². The van der Waals surface area contributed by atoms with Crippen LogP contribution >= 0.6 is 0 Å². The molecule has 0 saturated heterocycles. The van der Waals surface area contributed by atoms with Gasteiger partial charge in [0.2, 0.25) is 0 Å². The Labute approximate surface area is 98.3 Å². The molecule has 0 unspecified atom stereocenters. The average Bonchev–Trinajstić information content (AvgIpc) is 2.76. The van der Waals surface area contributed by atoms with Crippen LogP contribution in [0.5, 0.6) is 5.75 Å². The number of nitrogen functional groups attached to an aromatic ring is 1. The molecule has 0 aliphatic rings. The molecule has 0 bridgehead atoms. The highest BCUT2D eigenvalue weighted by Crippen LogP contribution is 2.18. The lowest BCUT2D eigenvalue weighted by Gasteiger charge is -2.06. The fourth-order valence-electron chi connectivity index (χ4n) is 1.50. The minimum atomic E-state index is 0.154. The Bertz CT molecular complexity index is 569. The molecule has 0 aliphatic heterocycles. The molecule has 0 radical (unpaired) electrons. The summed E-state index contributed by atoms with van der Waals surface area (Å²) in [6, 6.07) is 7.31. The fourth-order valence-corrected chi connectivity index (χ4v) is 1.50. The van der Waals surface area contributed by atoms with E-state index < -0.39 is 0 Å². The highest BCUT2D eigenvalue weighted by Gasteiger charge is 2.03. The summed E-state index contributed by atoms with van der Waals surface area (Å²) in [5, 5.41) is 12.6. The number of rotatable bonds is 3. The maximum absolute atomic E-state index is 8.61. The van der Waals surface area contributed by atoms with Crippen molar-refractivity contribution in [3.8, 4) is 11.8 Å². The van der Waals surface area contributed by atoms with E-state index in [1.807, 2.05) is 18.2 Å². The molecule has 2 aromatic rings. The second-order valence-electron chi connectivity index (χ2n) is 3.49. The molecule has 0 fully saturated rings. The summed E-state index contributed by atoms with van der Waals surface area (Å²) in [5.41, 5.74) is 7.31. The number of anilines is 1. The molecular weight excluding hydrogens is 218 g/mol. The van der Waals surface area contributed by atoms with Crippen molar-refractivity contribution >= 4 is 5.69 Å². The van der Waals surface area contributed by atoms with Crippen molar-refractivity contribution in [2.24, 2.45) is 0 Å². The Morgan fingerprint density at radius 1 is 1.47 bits per heavy atom. The standard InChI is InChI=1S/C11H11N5O/c1-17-10-3-8(2-9(13)4-10)6-16-7-14-11(5-12)15-16/h2-4,7H,6,13H2,1H3. The van der Waals surface area contributed by atoms with Gasteiger partial charge in [0.05, 0.1) is 13.7 Å². The Hall–Kier alpha value is -2.55. The van der Waals surface area contributed by atoms with Crippen LogP contribution in [0.3, 0.4) is 0 Å². The average molecular weight is 229 g/mol. The first kappa shape index (κ1) is 11.0. The Balaban J connectivity index is 2.23. The molecule has 0 amide bonds. The molecular formula is C11H11N5O. The summed E-state index contributed by atoms with van der Waals surface area (Å²) >= 11 is 0. The van der Waals surface area contributed by atoms with Crippen LogP contribution in [0.25, 0.3) is 0 Å². The van der Waals surface area contributed by atoms with E-state index in [9.17, 15) is 0 Å². The van der Waals surface area contributed by atoms with Gasteiger partial charge in [-0.3, -0.25) is 0 Å². The zero-order valence-electron chi connectivity index (χ0n) is 9.29. The second-order valence-corrected chi connectivity index (χ2v) is 3.49. The lowest BCUT2D eigenvalue weighted by Crippen LogP contribution is -2.02. The van der Waals surface area contributed by atoms with Crippen molar-refractivity contribution in [1.29, 1.82) is 5.26 Å². The predicted octanol–water partition coefficient (Wildman–Crippen LogP) is 0.789. The minimum absolute atomic E-state index is 0.154. The molecule has 1 aromatic carbocycles. The van der Waals surface area contributed by atoms with Gasteiger partial charge in [0.15, 0.2) is 0 Å². The maximum Gasteiger partial charge on any atom is 0.252 e. The van der Waals surface area contributed by atoms with E-state index in [4.69, 9.17) is 15.7 Å². The van der Waals surface area contributed by atoms with Crippen molar-refractivity contribution in [2.45, 2.75) is 6.54 Å². The number of nitrogens with zero attached hydrogens (tertiary/aromatic N) is 4. The van der Waals surface area contributed by atoms with E-state index in [1.54, 1.807) is 17.9 Å². The molecule has 17 heavy (non-hydrogen) atoms. The lowest BCUT2D eigenvalue weighted by atomic mass is 10.2. The van der Waals surface area contributed by atoms with Crippen LogP contribution < -0.4 is 10.5 Å². The van der Waals surface area contributed by atoms with Crippen molar-refractivity contribution in [2.75, 3.05) is 12.8 Å². The minimum Gasteiger partial charge on any atom is -0.497 e. The third-order valence-electron chi connectivity index (χ3n) is 2.21. The summed E-state index contributed by atoms with van der Waals surface area (Å²) in [6.07, 6.45) is 1.51. The van der Waals surface area contributed by atoms with Crippen LogP contribution in [-0.4, -0.2) is 21.9 Å². The van der Waals surface area contributed by atoms with Gasteiger partial charge in [-0.05, 0) is 17.7 Å². The fraction of sp³-hybridized carbons (Fsp3) is 0.182. The van der Waals surface area contributed by atoms with E-state index in [1.165, 1.54) is 6.33 Å². The van der Waals surface area contributed by atoms with Gasteiger partial charge in [-0.25, -0.2) is 9.67 Å². The normalized spacial score (nSPS) is 9.88. The molecule has 6 heteroatoms. The smallest absolute Gasteiger partial charge is 0.252 e. The van der Waals surface area contributed by atoms with Crippen LogP contribution in [0.1, 0.15) is 11.4 Å². The molecule has 0 saturated carbocycles. The molecule has 6 nitrogen and oxygen atoms in total. The number of aromatic nitrogens is 3. The van der Waals surface area contributed by atoms with Crippen molar-refractivity contribution in [3.05, 3.63) is 35.9 Å². The van der Waals surface area contributed by atoms with Gasteiger partial charge < -0.3 is 10.5 Å². The van der Waals surface area contributed by atoms with Crippen molar-refractivity contribution in [1.82, 2.24) is 14.8 Å². The van der Waals surface area contributed by atoms with E-state index >= 15 is 0 Å². The van der Waals surface area contributed by atoms with Crippen molar-refractivity contribution < 1.29 is 4.74 Å². The number of ether oxygens (including phenoxy) is 1. The molecule has 0 atom stereocenters. The van der Waals surface area contributed by atoms with Gasteiger partial charge >= 0.3 is 0 Å². The third-order valence-corrected chi connectivity index (χ3v) is 2.21. The first-order valence-electron chi connectivity index (χ1n) is 4.94. The van der Waals surface area contributed by atoms with Crippen molar-refractivity contribution in [3.63, 3.8) is 0 Å². The monoisotopic (exact) mass is 229 g/mol. The van der Waals surface area contributed by atoms with Gasteiger partial charge in [0.25, 0.3) is 5.82 Å². The highest BCUT2D eigenvalue weighted by atomic mass is 16.5. The van der Waals surface area contributed by atoms with Crippen LogP contribution in [0, 0.1) is 11.3 Å². The topological polar surface area (TPSA) is 89.8 Å². The van der Waals surface area contributed by atoms with Gasteiger partial charge in [-0.15, -0.1) is 5.10 Å². The third kappa shape index (κ3) is 2.52. The van der Waals surface area contributed by atoms with Crippen LogP contribution in [0.15, 0.2) is 24.5 Å². The van der Waals surface area contributed by atoms with E-state index in [2.05, 4.69) is 10.1 Å². The molecule has 86 valence electrons. The molecule has 0 spiro atoms. The summed E-state index contributed by atoms with van der Waals surface area (Å²) in [4.78, 5) is 3.82. The van der Waals surface area contributed by atoms with Crippen LogP contribution in [0.4, 0.5) is 5.69 Å². The number of benzene rings is 1. The number of hydrogen-bond acceptors (Lipinski definition) is 5. The van der Waals surface area contributed by atoms with Crippen LogP contribution in [0.2, 0.25) is 0 Å². The summed E-state index contributed by atoms with van der Waals surface area (Å²) < 4.78 is 6.70. The van der Waals surface area contributed by atoms with Crippen LogP contribution in [-0.2, 0) is 6.54 Å². The van der Waals surface area contributed by atoms with E-state index in [0.717, 1.165) is 5.56 Å². The van der Waals surface area contributed by atoms with Gasteiger partial charge in [0.1, 0.15) is 18.1 Å². The zero-order valence-corrected chi connectivity index (χ0v) is 9.29. The first-order valence-corrected chi connectivity index (χ1v) is 4.94. The van der Waals surface area contributed by atoms with Gasteiger partial charge in [0, 0.05) is 11.8 Å².